The van der Waals surface area contributed by atoms with Crippen LogP contribution in [0.2, 0.25) is 10.0 Å². The van der Waals surface area contributed by atoms with Crippen molar-refractivity contribution in [2.75, 3.05) is 32.4 Å². The number of piperidine rings is 1. The lowest BCUT2D eigenvalue weighted by atomic mass is 9.98. The zero-order valence-electron chi connectivity index (χ0n) is 20.2. The molecule has 1 heterocycles. The number of amides is 1. The van der Waals surface area contributed by atoms with Gasteiger partial charge in [0.25, 0.3) is 0 Å². The van der Waals surface area contributed by atoms with Crippen LogP contribution in [0.1, 0.15) is 38.2 Å². The summed E-state index contributed by atoms with van der Waals surface area (Å²) in [6, 6.07) is 11.7. The summed E-state index contributed by atoms with van der Waals surface area (Å²) >= 11 is 12.1. The molecule has 1 aliphatic heterocycles. The van der Waals surface area contributed by atoms with Crippen molar-refractivity contribution in [1.29, 1.82) is 0 Å². The van der Waals surface area contributed by atoms with E-state index in [9.17, 15) is 13.2 Å². The molecule has 1 atom stereocenters. The van der Waals surface area contributed by atoms with E-state index >= 15 is 0 Å². The van der Waals surface area contributed by atoms with Crippen molar-refractivity contribution < 1.29 is 13.2 Å². The van der Waals surface area contributed by atoms with Gasteiger partial charge in [-0.25, -0.2) is 8.42 Å². The van der Waals surface area contributed by atoms with Crippen molar-refractivity contribution in [1.82, 2.24) is 14.5 Å². The van der Waals surface area contributed by atoms with Gasteiger partial charge in [-0.05, 0) is 62.9 Å². The number of likely N-dealkylation sites (tertiary alicyclic amines) is 1. The van der Waals surface area contributed by atoms with Crippen molar-refractivity contribution in [2.45, 2.75) is 50.1 Å². The van der Waals surface area contributed by atoms with Gasteiger partial charge < -0.3 is 15.5 Å². The van der Waals surface area contributed by atoms with E-state index in [0.29, 0.717) is 31.8 Å². The maximum Gasteiger partial charge on any atom is 0.241 e. The summed E-state index contributed by atoms with van der Waals surface area (Å²) in [5.41, 5.74) is 7.07. The summed E-state index contributed by atoms with van der Waals surface area (Å²) in [5.74, 6) is 0.360. The van der Waals surface area contributed by atoms with Crippen LogP contribution in [0.15, 0.2) is 47.4 Å². The molecule has 1 aliphatic rings. The fraction of sp³-hybridized carbons (Fsp3) is 0.480. The van der Waals surface area contributed by atoms with Crippen LogP contribution in [-0.4, -0.2) is 56.8 Å². The topological polar surface area (TPSA) is 95.7 Å². The van der Waals surface area contributed by atoms with Crippen LogP contribution in [0.4, 0.5) is 5.69 Å². The molecule has 192 valence electrons. The van der Waals surface area contributed by atoms with Crippen LogP contribution < -0.4 is 10.5 Å². The summed E-state index contributed by atoms with van der Waals surface area (Å²) in [5, 5.41) is 0.0987. The Morgan fingerprint density at radius 1 is 1.17 bits per heavy atom. The molecule has 1 fully saturated rings. The summed E-state index contributed by atoms with van der Waals surface area (Å²) in [7, 11) is -2.04. The predicted octanol–water partition coefficient (Wildman–Crippen LogP) is 4.39. The third kappa shape index (κ3) is 7.82. The number of nitrogens with two attached hydrogens (primary N) is 1. The minimum absolute atomic E-state index is 0.0494. The monoisotopic (exact) mass is 540 g/mol. The van der Waals surface area contributed by atoms with E-state index in [1.165, 1.54) is 17.7 Å². The van der Waals surface area contributed by atoms with Crippen LogP contribution in [0.5, 0.6) is 0 Å². The third-order valence-corrected chi connectivity index (χ3v) is 8.46. The number of nitrogen functional groups attached to an aromatic ring is 1. The molecule has 0 aromatic heterocycles. The molecular weight excluding hydrogens is 507 g/mol. The molecule has 1 amide bonds. The zero-order valence-corrected chi connectivity index (χ0v) is 22.5. The molecule has 35 heavy (non-hydrogen) atoms. The predicted molar refractivity (Wildman–Crippen MR) is 142 cm³/mol. The molecule has 3 rings (SSSR count). The molecule has 0 aliphatic carbocycles. The second-order valence-electron chi connectivity index (χ2n) is 9.35. The highest BCUT2D eigenvalue weighted by atomic mass is 35.5. The summed E-state index contributed by atoms with van der Waals surface area (Å²) in [6.07, 6.45) is 2.85. The van der Waals surface area contributed by atoms with Gasteiger partial charge in [-0.15, -0.1) is 0 Å². The Labute approximate surface area is 218 Å². The van der Waals surface area contributed by atoms with Gasteiger partial charge in [-0.1, -0.05) is 60.5 Å². The van der Waals surface area contributed by atoms with Gasteiger partial charge in [-0.3, -0.25) is 4.79 Å². The first kappa shape index (κ1) is 27.7. The minimum atomic E-state index is -4.05. The van der Waals surface area contributed by atoms with Crippen molar-refractivity contribution >= 4 is 44.8 Å². The fourth-order valence-electron chi connectivity index (χ4n) is 4.19. The SMILES string of the molecule is CC1CCN(C(=O)[C@H](CCCN(C)Cc2ccccc2)NS(=O)(=O)c2cc(Cl)c(N)c(Cl)c2)CC1. The number of anilines is 1. The van der Waals surface area contributed by atoms with Gasteiger partial charge >= 0.3 is 0 Å². The lowest BCUT2D eigenvalue weighted by Crippen LogP contribution is -2.50. The number of hydrogen-bond acceptors (Lipinski definition) is 5. The number of rotatable bonds is 10. The van der Waals surface area contributed by atoms with E-state index < -0.39 is 16.1 Å². The maximum absolute atomic E-state index is 13.4. The molecule has 0 bridgehead atoms. The third-order valence-electron chi connectivity index (χ3n) is 6.38. The Balaban J connectivity index is 1.71. The number of benzene rings is 2. The molecule has 2 aromatic rings. The van der Waals surface area contributed by atoms with Crippen LogP contribution in [0.3, 0.4) is 0 Å². The summed E-state index contributed by atoms with van der Waals surface area (Å²) < 4.78 is 29.0. The Morgan fingerprint density at radius 2 is 1.77 bits per heavy atom. The van der Waals surface area contributed by atoms with E-state index in [4.69, 9.17) is 28.9 Å². The highest BCUT2D eigenvalue weighted by Gasteiger charge is 2.31. The number of carbonyl (C=O) groups excluding carboxylic acids is 1. The van der Waals surface area contributed by atoms with E-state index in [0.717, 1.165) is 25.9 Å². The fourth-order valence-corrected chi connectivity index (χ4v) is 6.08. The molecule has 10 heteroatoms. The van der Waals surface area contributed by atoms with E-state index in [1.54, 1.807) is 4.90 Å². The summed E-state index contributed by atoms with van der Waals surface area (Å²) in [6.45, 7) is 4.92. The second kappa shape index (κ2) is 12.4. The van der Waals surface area contributed by atoms with Gasteiger partial charge in [0.1, 0.15) is 6.04 Å². The molecule has 1 saturated heterocycles. The molecule has 0 saturated carbocycles. The minimum Gasteiger partial charge on any atom is -0.396 e. The van der Waals surface area contributed by atoms with E-state index in [2.05, 4.69) is 28.7 Å². The first-order valence-corrected chi connectivity index (χ1v) is 14.1. The smallest absolute Gasteiger partial charge is 0.241 e. The average Bonchev–Trinajstić information content (AvgIpc) is 2.82. The largest absolute Gasteiger partial charge is 0.396 e. The highest BCUT2D eigenvalue weighted by Crippen LogP contribution is 2.31. The first-order chi connectivity index (χ1) is 16.6. The first-order valence-electron chi connectivity index (χ1n) is 11.8. The second-order valence-corrected chi connectivity index (χ2v) is 11.9. The van der Waals surface area contributed by atoms with Crippen molar-refractivity contribution in [2.24, 2.45) is 5.92 Å². The standard InChI is InChI=1S/C25H34Cl2N4O3S/c1-18-10-13-31(14-11-18)25(32)23(9-6-12-30(2)17-19-7-4-3-5-8-19)29-35(33,34)20-15-21(26)24(28)22(27)16-20/h3-5,7-8,15-16,18,23,29H,6,9-14,17,28H2,1-2H3/t23-/m0/s1. The van der Waals surface area contributed by atoms with Crippen LogP contribution in [0, 0.1) is 5.92 Å². The molecule has 2 aromatic carbocycles. The molecule has 0 unspecified atom stereocenters. The van der Waals surface area contributed by atoms with Crippen LogP contribution >= 0.6 is 23.2 Å². The molecular formula is C25H34Cl2N4O3S. The van der Waals surface area contributed by atoms with Crippen LogP contribution in [0.25, 0.3) is 0 Å². The van der Waals surface area contributed by atoms with Crippen molar-refractivity contribution in [3.63, 3.8) is 0 Å². The summed E-state index contributed by atoms with van der Waals surface area (Å²) in [4.78, 5) is 17.2. The van der Waals surface area contributed by atoms with E-state index in [-0.39, 0.29) is 26.5 Å². The van der Waals surface area contributed by atoms with Gasteiger partial charge in [0.15, 0.2) is 0 Å². The lowest BCUT2D eigenvalue weighted by Gasteiger charge is -2.33. The Hall–Kier alpha value is -1.84. The Bertz CT molecular complexity index is 1080. The van der Waals surface area contributed by atoms with Gasteiger partial charge in [0.05, 0.1) is 20.6 Å². The zero-order chi connectivity index (χ0) is 25.6. The van der Waals surface area contributed by atoms with Gasteiger partial charge in [-0.2, -0.15) is 4.72 Å². The maximum atomic E-state index is 13.4. The average molecular weight is 542 g/mol. The van der Waals surface area contributed by atoms with E-state index in [1.807, 2.05) is 25.2 Å². The number of nitrogens with one attached hydrogen (secondary N) is 1. The number of halogens is 2. The lowest BCUT2D eigenvalue weighted by molar-refractivity contribution is -0.134. The molecule has 3 N–H and O–H groups in total. The Kier molecular flexibility index (Phi) is 9.84. The molecule has 0 radical (unpaired) electrons. The van der Waals surface area contributed by atoms with Crippen molar-refractivity contribution in [3.8, 4) is 0 Å². The van der Waals surface area contributed by atoms with Crippen molar-refractivity contribution in [3.05, 3.63) is 58.1 Å². The highest BCUT2D eigenvalue weighted by molar-refractivity contribution is 7.89. The van der Waals surface area contributed by atoms with Crippen LogP contribution in [-0.2, 0) is 21.4 Å². The quantitative estimate of drug-likeness (QED) is 0.435. The number of carbonyl (C=O) groups is 1. The number of nitrogens with zero attached hydrogens (tertiary/aromatic N) is 2. The normalized spacial score (nSPS) is 16.0. The van der Waals surface area contributed by atoms with Gasteiger partial charge in [0.2, 0.25) is 15.9 Å². The molecule has 0 spiro atoms. The van der Waals surface area contributed by atoms with Gasteiger partial charge in [0, 0.05) is 19.6 Å². The Morgan fingerprint density at radius 3 is 2.37 bits per heavy atom. The number of sulfonamides is 1. The molecule has 7 nitrogen and oxygen atoms in total. The number of hydrogen-bond donors (Lipinski definition) is 2.